The van der Waals surface area contributed by atoms with Gasteiger partial charge in [0.25, 0.3) is 5.91 Å². The van der Waals surface area contributed by atoms with Crippen LogP contribution < -0.4 is 9.64 Å². The highest BCUT2D eigenvalue weighted by Crippen LogP contribution is 2.34. The van der Waals surface area contributed by atoms with E-state index in [1.54, 1.807) is 19.2 Å². The molecule has 2 aliphatic rings. The lowest BCUT2D eigenvalue weighted by molar-refractivity contribution is -0.124. The molecule has 1 saturated heterocycles. The average molecular weight is 378 g/mol. The number of fused-ring (bicyclic) bond motifs is 1. The maximum absolute atomic E-state index is 13.2. The number of para-hydroxylation sites is 2. The number of hydrogen-bond donors (Lipinski definition) is 0. The van der Waals surface area contributed by atoms with Gasteiger partial charge in [0.05, 0.1) is 12.7 Å². The SMILES string of the molecule is COc1ccccc1C(=O)N1CCC(C(=O)N2c3ccccc3CC2C)CC1. The van der Waals surface area contributed by atoms with Crippen LogP contribution in [0.2, 0.25) is 0 Å². The molecular formula is C23H26N2O3. The predicted octanol–water partition coefficient (Wildman–Crippen LogP) is 3.53. The number of piperidine rings is 1. The second-order valence-corrected chi connectivity index (χ2v) is 7.66. The van der Waals surface area contributed by atoms with Crippen molar-refractivity contribution in [3.05, 3.63) is 59.7 Å². The Morgan fingerprint density at radius 2 is 1.68 bits per heavy atom. The number of anilines is 1. The zero-order chi connectivity index (χ0) is 19.7. The van der Waals surface area contributed by atoms with Crippen LogP contribution in [-0.4, -0.2) is 43.0 Å². The lowest BCUT2D eigenvalue weighted by Crippen LogP contribution is -2.46. The molecule has 5 nitrogen and oxygen atoms in total. The van der Waals surface area contributed by atoms with Crippen molar-refractivity contribution in [2.45, 2.75) is 32.2 Å². The zero-order valence-electron chi connectivity index (χ0n) is 16.4. The molecule has 0 bridgehead atoms. The van der Waals surface area contributed by atoms with Crippen molar-refractivity contribution in [1.29, 1.82) is 0 Å². The Kier molecular flexibility index (Phi) is 5.07. The van der Waals surface area contributed by atoms with Crippen LogP contribution >= 0.6 is 0 Å². The molecule has 28 heavy (non-hydrogen) atoms. The molecule has 1 fully saturated rings. The minimum Gasteiger partial charge on any atom is -0.496 e. The van der Waals surface area contributed by atoms with Crippen LogP contribution in [0.5, 0.6) is 5.75 Å². The van der Waals surface area contributed by atoms with E-state index in [1.165, 1.54) is 5.56 Å². The maximum atomic E-state index is 13.2. The molecule has 2 heterocycles. The lowest BCUT2D eigenvalue weighted by Gasteiger charge is -2.34. The standard InChI is InChI=1S/C23H26N2O3/c1-16-15-18-7-3-5-9-20(18)25(16)22(26)17-11-13-24(14-12-17)23(27)19-8-4-6-10-21(19)28-2/h3-10,16-17H,11-15H2,1-2H3. The van der Waals surface area contributed by atoms with E-state index in [4.69, 9.17) is 4.74 Å². The van der Waals surface area contributed by atoms with Gasteiger partial charge in [-0.15, -0.1) is 0 Å². The van der Waals surface area contributed by atoms with Crippen LogP contribution in [0.3, 0.4) is 0 Å². The fourth-order valence-electron chi connectivity index (χ4n) is 4.42. The monoisotopic (exact) mass is 378 g/mol. The fraction of sp³-hybridized carbons (Fsp3) is 0.391. The molecule has 0 spiro atoms. The van der Waals surface area contributed by atoms with Gasteiger partial charge in [0.15, 0.2) is 0 Å². The van der Waals surface area contributed by atoms with Crippen molar-refractivity contribution in [2.75, 3.05) is 25.1 Å². The molecule has 0 N–H and O–H groups in total. The van der Waals surface area contributed by atoms with E-state index in [2.05, 4.69) is 13.0 Å². The number of nitrogens with zero attached hydrogens (tertiary/aromatic N) is 2. The molecule has 0 saturated carbocycles. The quantitative estimate of drug-likeness (QED) is 0.821. The van der Waals surface area contributed by atoms with E-state index in [-0.39, 0.29) is 23.8 Å². The first-order valence-electron chi connectivity index (χ1n) is 9.93. The Hall–Kier alpha value is -2.82. The summed E-state index contributed by atoms with van der Waals surface area (Å²) >= 11 is 0. The Bertz CT molecular complexity index is 887. The number of ether oxygens (including phenoxy) is 1. The first-order chi connectivity index (χ1) is 13.6. The summed E-state index contributed by atoms with van der Waals surface area (Å²) in [5, 5.41) is 0. The molecule has 5 heteroatoms. The van der Waals surface area contributed by atoms with E-state index >= 15 is 0 Å². The van der Waals surface area contributed by atoms with Crippen molar-refractivity contribution >= 4 is 17.5 Å². The molecule has 2 aromatic carbocycles. The zero-order valence-corrected chi connectivity index (χ0v) is 16.4. The van der Waals surface area contributed by atoms with E-state index in [9.17, 15) is 9.59 Å². The number of likely N-dealkylation sites (tertiary alicyclic amines) is 1. The third kappa shape index (κ3) is 3.26. The summed E-state index contributed by atoms with van der Waals surface area (Å²) in [6.07, 6.45) is 2.31. The summed E-state index contributed by atoms with van der Waals surface area (Å²) in [6, 6.07) is 15.7. The average Bonchev–Trinajstić information content (AvgIpc) is 3.08. The van der Waals surface area contributed by atoms with Gasteiger partial charge in [0.2, 0.25) is 5.91 Å². The molecule has 1 atom stereocenters. The first kappa shape index (κ1) is 18.5. The molecule has 1 unspecified atom stereocenters. The third-order valence-corrected chi connectivity index (χ3v) is 5.91. The van der Waals surface area contributed by atoms with Crippen molar-refractivity contribution in [3.8, 4) is 5.75 Å². The van der Waals surface area contributed by atoms with Gasteiger partial charge in [0.1, 0.15) is 5.75 Å². The number of rotatable bonds is 3. The summed E-state index contributed by atoms with van der Waals surface area (Å²) < 4.78 is 5.32. The molecule has 2 aromatic rings. The smallest absolute Gasteiger partial charge is 0.257 e. The van der Waals surface area contributed by atoms with E-state index in [0.29, 0.717) is 37.2 Å². The first-order valence-corrected chi connectivity index (χ1v) is 9.93. The minimum absolute atomic E-state index is 0.0248. The maximum Gasteiger partial charge on any atom is 0.257 e. The second kappa shape index (κ2) is 7.66. The van der Waals surface area contributed by atoms with Gasteiger partial charge in [-0.05, 0) is 49.9 Å². The van der Waals surface area contributed by atoms with Crippen LogP contribution in [0.15, 0.2) is 48.5 Å². The number of carbonyl (C=O) groups excluding carboxylic acids is 2. The Morgan fingerprint density at radius 1 is 1.00 bits per heavy atom. The Balaban J connectivity index is 1.43. The van der Waals surface area contributed by atoms with Gasteiger partial charge in [-0.25, -0.2) is 0 Å². The number of hydrogen-bond acceptors (Lipinski definition) is 3. The largest absolute Gasteiger partial charge is 0.496 e. The van der Waals surface area contributed by atoms with Crippen LogP contribution in [0.4, 0.5) is 5.69 Å². The summed E-state index contributed by atoms with van der Waals surface area (Å²) in [6.45, 7) is 3.30. The normalized spacial score (nSPS) is 19.4. The highest BCUT2D eigenvalue weighted by Gasteiger charge is 2.36. The molecular weight excluding hydrogens is 352 g/mol. The van der Waals surface area contributed by atoms with E-state index in [0.717, 1.165) is 12.1 Å². The fourth-order valence-corrected chi connectivity index (χ4v) is 4.42. The summed E-state index contributed by atoms with van der Waals surface area (Å²) in [7, 11) is 1.58. The van der Waals surface area contributed by atoms with Gasteiger partial charge < -0.3 is 14.5 Å². The Morgan fingerprint density at radius 3 is 2.43 bits per heavy atom. The van der Waals surface area contributed by atoms with Crippen LogP contribution in [0.25, 0.3) is 0 Å². The topological polar surface area (TPSA) is 49.9 Å². The van der Waals surface area contributed by atoms with Crippen molar-refractivity contribution in [1.82, 2.24) is 4.90 Å². The highest BCUT2D eigenvalue weighted by atomic mass is 16.5. The number of amides is 2. The number of carbonyl (C=O) groups is 2. The lowest BCUT2D eigenvalue weighted by atomic mass is 9.94. The van der Waals surface area contributed by atoms with Crippen LogP contribution in [0.1, 0.15) is 35.7 Å². The van der Waals surface area contributed by atoms with Crippen LogP contribution in [-0.2, 0) is 11.2 Å². The van der Waals surface area contributed by atoms with E-state index < -0.39 is 0 Å². The molecule has 0 aliphatic carbocycles. The van der Waals surface area contributed by atoms with Gasteiger partial charge in [-0.1, -0.05) is 30.3 Å². The summed E-state index contributed by atoms with van der Waals surface area (Å²) in [5.74, 6) is 0.730. The van der Waals surface area contributed by atoms with Gasteiger partial charge >= 0.3 is 0 Å². The van der Waals surface area contributed by atoms with E-state index in [1.807, 2.05) is 40.1 Å². The van der Waals surface area contributed by atoms with Gasteiger partial charge in [-0.2, -0.15) is 0 Å². The van der Waals surface area contributed by atoms with Crippen molar-refractivity contribution in [2.24, 2.45) is 5.92 Å². The summed E-state index contributed by atoms with van der Waals surface area (Å²) in [5.41, 5.74) is 2.87. The highest BCUT2D eigenvalue weighted by molar-refractivity contribution is 5.99. The third-order valence-electron chi connectivity index (χ3n) is 5.91. The summed E-state index contributed by atoms with van der Waals surface area (Å²) in [4.78, 5) is 29.9. The molecule has 2 aliphatic heterocycles. The van der Waals surface area contributed by atoms with Gasteiger partial charge in [-0.3, -0.25) is 9.59 Å². The molecule has 2 amide bonds. The number of benzene rings is 2. The van der Waals surface area contributed by atoms with Crippen LogP contribution in [0, 0.1) is 5.92 Å². The molecule has 0 radical (unpaired) electrons. The minimum atomic E-state index is -0.0321. The predicted molar refractivity (Wildman–Crippen MR) is 109 cm³/mol. The second-order valence-electron chi connectivity index (χ2n) is 7.66. The molecule has 4 rings (SSSR count). The number of methoxy groups -OCH3 is 1. The van der Waals surface area contributed by atoms with Crippen molar-refractivity contribution in [3.63, 3.8) is 0 Å². The van der Waals surface area contributed by atoms with Gasteiger partial charge in [0, 0.05) is 30.7 Å². The van der Waals surface area contributed by atoms with Crippen molar-refractivity contribution < 1.29 is 14.3 Å². The molecule has 146 valence electrons. The molecule has 0 aromatic heterocycles. The Labute approximate surface area is 165 Å².